The van der Waals surface area contributed by atoms with E-state index in [4.69, 9.17) is 0 Å². The Balaban J connectivity index is 2.01. The molecule has 2 aromatic rings. The minimum Gasteiger partial charge on any atom is -0.363 e. The fourth-order valence-electron chi connectivity index (χ4n) is 1.61. The summed E-state index contributed by atoms with van der Waals surface area (Å²) in [4.78, 5) is 14.0. The number of carbonyl (C=O) groups is 1. The number of anilines is 2. The lowest BCUT2D eigenvalue weighted by Crippen LogP contribution is -2.33. The summed E-state index contributed by atoms with van der Waals surface area (Å²) in [5, 5.41) is 11.5. The van der Waals surface area contributed by atoms with Gasteiger partial charge in [-0.15, -0.1) is 10.2 Å². The summed E-state index contributed by atoms with van der Waals surface area (Å²) >= 11 is 2.87. The van der Waals surface area contributed by atoms with Gasteiger partial charge in [-0.05, 0) is 19.1 Å². The van der Waals surface area contributed by atoms with Gasteiger partial charge in [0, 0.05) is 19.8 Å². The number of carbonyl (C=O) groups excluding carboxylic acids is 1. The predicted molar refractivity (Wildman–Crippen MR) is 84.6 cm³/mol. The molecule has 0 unspecified atom stereocenters. The Hall–Kier alpha value is -1.60. The summed E-state index contributed by atoms with van der Waals surface area (Å²) in [7, 11) is 3.58. The number of para-hydroxylation sites is 1. The zero-order chi connectivity index (χ0) is 14.5. The van der Waals surface area contributed by atoms with Crippen LogP contribution >= 0.6 is 23.1 Å². The maximum absolute atomic E-state index is 12.4. The molecule has 1 amide bonds. The van der Waals surface area contributed by atoms with E-state index in [9.17, 15) is 4.79 Å². The van der Waals surface area contributed by atoms with Crippen molar-refractivity contribution < 1.29 is 4.79 Å². The molecule has 0 saturated heterocycles. The molecule has 7 heteroatoms. The van der Waals surface area contributed by atoms with Gasteiger partial charge in [0.05, 0.1) is 5.25 Å². The fourth-order valence-corrected chi connectivity index (χ4v) is 3.55. The third kappa shape index (κ3) is 3.49. The first-order valence-electron chi connectivity index (χ1n) is 6.12. The minimum absolute atomic E-state index is 0.0439. The third-order valence-corrected chi connectivity index (χ3v) is 4.83. The molecule has 0 aliphatic heterocycles. The highest BCUT2D eigenvalue weighted by molar-refractivity contribution is 8.02. The first-order valence-corrected chi connectivity index (χ1v) is 7.82. The van der Waals surface area contributed by atoms with Crippen molar-refractivity contribution in [3.8, 4) is 0 Å². The molecule has 106 valence electrons. The van der Waals surface area contributed by atoms with Crippen LogP contribution in [0.5, 0.6) is 0 Å². The highest BCUT2D eigenvalue weighted by Crippen LogP contribution is 2.29. The normalized spacial score (nSPS) is 11.9. The van der Waals surface area contributed by atoms with E-state index >= 15 is 0 Å². The van der Waals surface area contributed by atoms with Crippen molar-refractivity contribution in [2.45, 2.75) is 16.5 Å². The highest BCUT2D eigenvalue weighted by atomic mass is 32.2. The largest absolute Gasteiger partial charge is 0.363 e. The second-order valence-corrected chi connectivity index (χ2v) is 6.68. The van der Waals surface area contributed by atoms with Crippen molar-refractivity contribution in [1.29, 1.82) is 0 Å². The molecule has 0 saturated carbocycles. The van der Waals surface area contributed by atoms with Crippen LogP contribution in [-0.2, 0) is 4.79 Å². The SMILES string of the molecule is CNc1nnc(S[C@H](C)C(=O)N(C)c2ccccc2)s1. The number of hydrogen-bond donors (Lipinski definition) is 1. The molecule has 0 bridgehead atoms. The molecule has 0 spiro atoms. The van der Waals surface area contributed by atoms with Crippen LogP contribution in [0.1, 0.15) is 6.92 Å². The smallest absolute Gasteiger partial charge is 0.240 e. The molecule has 1 heterocycles. The van der Waals surface area contributed by atoms with E-state index in [0.29, 0.717) is 0 Å². The van der Waals surface area contributed by atoms with E-state index in [-0.39, 0.29) is 11.2 Å². The molecule has 1 atom stereocenters. The first-order chi connectivity index (χ1) is 9.61. The summed E-state index contributed by atoms with van der Waals surface area (Å²) in [6.45, 7) is 1.88. The average molecular weight is 308 g/mol. The lowest BCUT2D eigenvalue weighted by atomic mass is 10.3. The Labute approximate surface area is 126 Å². The van der Waals surface area contributed by atoms with E-state index in [2.05, 4.69) is 15.5 Å². The maximum Gasteiger partial charge on any atom is 0.240 e. The van der Waals surface area contributed by atoms with Gasteiger partial charge in [0.1, 0.15) is 0 Å². The van der Waals surface area contributed by atoms with Crippen molar-refractivity contribution in [1.82, 2.24) is 10.2 Å². The maximum atomic E-state index is 12.4. The summed E-state index contributed by atoms with van der Waals surface area (Å²) in [5.74, 6) is 0.0439. The van der Waals surface area contributed by atoms with Crippen molar-refractivity contribution in [2.24, 2.45) is 0 Å². The highest BCUT2D eigenvalue weighted by Gasteiger charge is 2.21. The first kappa shape index (κ1) is 14.8. The molecular weight excluding hydrogens is 292 g/mol. The number of benzene rings is 1. The number of hydrogen-bond acceptors (Lipinski definition) is 6. The summed E-state index contributed by atoms with van der Waals surface area (Å²) in [6.07, 6.45) is 0. The Morgan fingerprint density at radius 1 is 1.35 bits per heavy atom. The standard InChI is InChI=1S/C13H16N4OS2/c1-9(19-13-16-15-12(14-2)20-13)11(18)17(3)10-7-5-4-6-8-10/h4-9H,1-3H3,(H,14,15)/t9-/m1/s1. The second kappa shape index (κ2) is 6.71. The van der Waals surface area contributed by atoms with Crippen LogP contribution in [0, 0.1) is 0 Å². The monoisotopic (exact) mass is 308 g/mol. The Bertz CT molecular complexity index is 573. The van der Waals surface area contributed by atoms with Gasteiger partial charge in [-0.1, -0.05) is 41.3 Å². The summed E-state index contributed by atoms with van der Waals surface area (Å²) < 4.78 is 0.789. The average Bonchev–Trinajstić information content (AvgIpc) is 2.94. The van der Waals surface area contributed by atoms with Crippen molar-refractivity contribution in [3.05, 3.63) is 30.3 Å². The number of nitrogens with zero attached hydrogens (tertiary/aromatic N) is 3. The minimum atomic E-state index is -0.210. The molecule has 2 rings (SSSR count). The van der Waals surface area contributed by atoms with Crippen LogP contribution in [0.3, 0.4) is 0 Å². The van der Waals surface area contributed by atoms with E-state index in [1.807, 2.05) is 37.3 Å². The van der Waals surface area contributed by atoms with E-state index in [1.54, 1.807) is 19.0 Å². The van der Waals surface area contributed by atoms with Crippen LogP contribution in [0.4, 0.5) is 10.8 Å². The van der Waals surface area contributed by atoms with Gasteiger partial charge in [-0.3, -0.25) is 4.79 Å². The van der Waals surface area contributed by atoms with Crippen LogP contribution in [-0.4, -0.2) is 35.4 Å². The van der Waals surface area contributed by atoms with E-state index in [1.165, 1.54) is 23.1 Å². The van der Waals surface area contributed by atoms with E-state index < -0.39 is 0 Å². The molecule has 0 aliphatic carbocycles. The lowest BCUT2D eigenvalue weighted by molar-refractivity contribution is -0.117. The number of rotatable bonds is 5. The van der Waals surface area contributed by atoms with Crippen LogP contribution in [0.2, 0.25) is 0 Å². The molecule has 1 aromatic carbocycles. The Kier molecular flexibility index (Phi) is 4.97. The van der Waals surface area contributed by atoms with Gasteiger partial charge >= 0.3 is 0 Å². The van der Waals surface area contributed by atoms with Crippen LogP contribution in [0.25, 0.3) is 0 Å². The molecule has 1 N–H and O–H groups in total. The number of thioether (sulfide) groups is 1. The van der Waals surface area contributed by atoms with Crippen molar-refractivity contribution in [2.75, 3.05) is 24.3 Å². The number of nitrogens with one attached hydrogen (secondary N) is 1. The molecule has 0 radical (unpaired) electrons. The third-order valence-electron chi connectivity index (χ3n) is 2.72. The van der Waals surface area contributed by atoms with E-state index in [0.717, 1.165) is 15.2 Å². The quantitative estimate of drug-likeness (QED) is 0.861. The van der Waals surface area contributed by atoms with Gasteiger partial charge in [0.15, 0.2) is 4.34 Å². The molecular formula is C13H16N4OS2. The lowest BCUT2D eigenvalue weighted by Gasteiger charge is -2.20. The topological polar surface area (TPSA) is 58.1 Å². The second-order valence-electron chi connectivity index (χ2n) is 4.12. The van der Waals surface area contributed by atoms with Crippen molar-refractivity contribution >= 4 is 39.8 Å². The number of aromatic nitrogens is 2. The summed E-state index contributed by atoms with van der Waals surface area (Å²) in [5.41, 5.74) is 0.887. The molecule has 5 nitrogen and oxygen atoms in total. The van der Waals surface area contributed by atoms with Gasteiger partial charge in [-0.2, -0.15) is 0 Å². The zero-order valence-corrected chi connectivity index (χ0v) is 13.2. The van der Waals surface area contributed by atoms with Gasteiger partial charge in [0.2, 0.25) is 11.0 Å². The molecule has 1 aromatic heterocycles. The fraction of sp³-hybridized carbons (Fsp3) is 0.308. The number of amides is 1. The van der Waals surface area contributed by atoms with Gasteiger partial charge in [-0.25, -0.2) is 0 Å². The van der Waals surface area contributed by atoms with Crippen LogP contribution in [0.15, 0.2) is 34.7 Å². The zero-order valence-electron chi connectivity index (χ0n) is 11.5. The molecule has 20 heavy (non-hydrogen) atoms. The van der Waals surface area contributed by atoms with Crippen molar-refractivity contribution in [3.63, 3.8) is 0 Å². The summed E-state index contributed by atoms with van der Waals surface area (Å²) in [6, 6.07) is 9.60. The van der Waals surface area contributed by atoms with Gasteiger partial charge < -0.3 is 10.2 Å². The molecule has 0 aliphatic rings. The molecule has 0 fully saturated rings. The van der Waals surface area contributed by atoms with Crippen LogP contribution < -0.4 is 10.2 Å². The Morgan fingerprint density at radius 2 is 2.05 bits per heavy atom. The predicted octanol–water partition coefficient (Wildman–Crippen LogP) is 2.72. The van der Waals surface area contributed by atoms with Gasteiger partial charge in [0.25, 0.3) is 0 Å². The Morgan fingerprint density at radius 3 is 2.65 bits per heavy atom.